The van der Waals surface area contributed by atoms with Gasteiger partial charge in [-0.25, -0.2) is 0 Å². The first kappa shape index (κ1) is 42.5. The molecular weight excluding hydrogens is 921 g/mol. The Morgan fingerprint density at radius 2 is 0.803 bits per heavy atom. The Labute approximate surface area is 439 Å². The molecule has 1 aliphatic rings. The Hall–Kier alpha value is -9.96. The van der Waals surface area contributed by atoms with Crippen LogP contribution >= 0.6 is 0 Å². The van der Waals surface area contributed by atoms with Gasteiger partial charge in [-0.05, 0) is 150 Å². The average molecular weight is 967 g/mol. The summed E-state index contributed by atoms with van der Waals surface area (Å²) in [6.07, 6.45) is 0.863. The van der Waals surface area contributed by atoms with Crippen LogP contribution in [-0.2, 0) is 6.42 Å². The van der Waals surface area contributed by atoms with Crippen molar-refractivity contribution in [3.63, 3.8) is 0 Å². The summed E-state index contributed by atoms with van der Waals surface area (Å²) >= 11 is 0. The number of fused-ring (bicyclic) bond motifs is 10. The van der Waals surface area contributed by atoms with Gasteiger partial charge in [0.25, 0.3) is 0 Å². The Morgan fingerprint density at radius 1 is 0.303 bits per heavy atom. The highest BCUT2D eigenvalue weighted by molar-refractivity contribution is 6.30. The Balaban J connectivity index is 0.943. The molecule has 14 aromatic carbocycles. The predicted molar refractivity (Wildman–Crippen MR) is 321 cm³/mol. The molecule has 0 amide bonds. The van der Waals surface area contributed by atoms with Crippen molar-refractivity contribution < 1.29 is 4.42 Å². The van der Waals surface area contributed by atoms with E-state index in [0.717, 1.165) is 67.9 Å². The molecule has 15 aromatic rings. The summed E-state index contributed by atoms with van der Waals surface area (Å²) in [7, 11) is 0. The number of hydrogen-bond acceptors (Lipinski definition) is 3. The zero-order chi connectivity index (χ0) is 49.8. The van der Waals surface area contributed by atoms with Gasteiger partial charge in [0, 0.05) is 38.7 Å². The molecule has 16 rings (SSSR count). The molecule has 0 spiro atoms. The van der Waals surface area contributed by atoms with Crippen LogP contribution in [0.5, 0.6) is 0 Å². The summed E-state index contributed by atoms with van der Waals surface area (Å²) in [6, 6.07) is 97.9. The van der Waals surface area contributed by atoms with Gasteiger partial charge >= 0.3 is 0 Å². The molecule has 1 heterocycles. The minimum absolute atomic E-state index is 0.852. The topological polar surface area (TPSA) is 19.6 Å². The van der Waals surface area contributed by atoms with Crippen LogP contribution in [0.3, 0.4) is 0 Å². The molecule has 1 aliphatic carbocycles. The summed E-state index contributed by atoms with van der Waals surface area (Å²) in [5, 5.41) is 14.4. The minimum atomic E-state index is 0.852. The summed E-state index contributed by atoms with van der Waals surface area (Å²) in [4.78, 5) is 4.99. The van der Waals surface area contributed by atoms with Gasteiger partial charge in [0.15, 0.2) is 0 Å². The molecule has 3 nitrogen and oxygen atoms in total. The second-order valence-electron chi connectivity index (χ2n) is 20.3. The van der Waals surface area contributed by atoms with Gasteiger partial charge in [-0.15, -0.1) is 0 Å². The van der Waals surface area contributed by atoms with Gasteiger partial charge in [0.1, 0.15) is 11.2 Å². The average Bonchev–Trinajstić information content (AvgIpc) is 4.26. The monoisotopic (exact) mass is 966 g/mol. The smallest absolute Gasteiger partial charge is 0.143 e. The summed E-state index contributed by atoms with van der Waals surface area (Å²) < 4.78 is 7.06. The van der Waals surface area contributed by atoms with Crippen LogP contribution in [0.15, 0.2) is 271 Å². The Bertz CT molecular complexity index is 4770. The van der Waals surface area contributed by atoms with Crippen molar-refractivity contribution in [2.75, 3.05) is 9.80 Å². The fourth-order valence-electron chi connectivity index (χ4n) is 12.9. The van der Waals surface area contributed by atoms with Crippen LogP contribution in [0.1, 0.15) is 11.1 Å². The number of anilines is 6. The lowest BCUT2D eigenvalue weighted by atomic mass is 9.89. The van der Waals surface area contributed by atoms with Gasteiger partial charge < -0.3 is 14.2 Å². The molecule has 0 N–H and O–H groups in total. The van der Waals surface area contributed by atoms with E-state index in [2.05, 4.69) is 277 Å². The lowest BCUT2D eigenvalue weighted by Gasteiger charge is -2.30. The van der Waals surface area contributed by atoms with Gasteiger partial charge in [-0.3, -0.25) is 0 Å². The van der Waals surface area contributed by atoms with E-state index in [1.807, 2.05) is 0 Å². The second-order valence-corrected chi connectivity index (χ2v) is 20.3. The highest BCUT2D eigenvalue weighted by Crippen LogP contribution is 2.55. The van der Waals surface area contributed by atoms with Crippen LogP contribution in [0.4, 0.5) is 34.1 Å². The van der Waals surface area contributed by atoms with Crippen LogP contribution in [-0.4, -0.2) is 0 Å². The van der Waals surface area contributed by atoms with E-state index < -0.39 is 0 Å². The molecule has 0 atom stereocenters. The van der Waals surface area contributed by atoms with E-state index in [1.165, 1.54) is 92.9 Å². The van der Waals surface area contributed by atoms with Gasteiger partial charge in [0.2, 0.25) is 0 Å². The van der Waals surface area contributed by atoms with Crippen LogP contribution in [0.2, 0.25) is 0 Å². The zero-order valence-electron chi connectivity index (χ0n) is 41.4. The first-order valence-electron chi connectivity index (χ1n) is 26.3. The first-order valence-corrected chi connectivity index (χ1v) is 26.3. The van der Waals surface area contributed by atoms with Crippen molar-refractivity contribution in [3.05, 3.63) is 278 Å². The number of furan rings is 1. The molecule has 354 valence electrons. The highest BCUT2D eigenvalue weighted by atomic mass is 16.3. The molecule has 0 bridgehead atoms. The number of rotatable bonds is 8. The molecule has 0 saturated heterocycles. The number of benzene rings is 14. The van der Waals surface area contributed by atoms with E-state index in [4.69, 9.17) is 4.42 Å². The summed E-state index contributed by atoms with van der Waals surface area (Å²) in [6.45, 7) is 0. The van der Waals surface area contributed by atoms with Crippen molar-refractivity contribution in [2.24, 2.45) is 0 Å². The second kappa shape index (κ2) is 16.8. The first-order chi connectivity index (χ1) is 37.7. The SMILES string of the molecule is c1ccc(-c2cc3ccccc3c3c2Cc2cccc(N(c4ccccc4)c4ccc5ccc6c(N(c7ccccc7)c7cccc8oc9c(-c%10ccccc%10)cc%10ccccc%10c9c78)ccc7ccc4c5c76)c2-3)cc1. The lowest BCUT2D eigenvalue weighted by molar-refractivity contribution is 0.670. The van der Waals surface area contributed by atoms with E-state index in [1.54, 1.807) is 0 Å². The third kappa shape index (κ3) is 6.36. The molecule has 0 aliphatic heterocycles. The molecule has 1 aromatic heterocycles. The maximum atomic E-state index is 7.06. The van der Waals surface area contributed by atoms with E-state index >= 15 is 0 Å². The van der Waals surface area contributed by atoms with Crippen molar-refractivity contribution in [3.8, 4) is 33.4 Å². The third-order valence-corrected chi connectivity index (χ3v) is 16.2. The molecule has 76 heavy (non-hydrogen) atoms. The molecule has 0 radical (unpaired) electrons. The fraction of sp³-hybridized carbons (Fsp3) is 0.0137. The Morgan fingerprint density at radius 3 is 1.45 bits per heavy atom. The fourth-order valence-corrected chi connectivity index (χ4v) is 12.9. The molecule has 0 fully saturated rings. The van der Waals surface area contributed by atoms with E-state index in [-0.39, 0.29) is 0 Å². The normalized spacial score (nSPS) is 12.2. The van der Waals surface area contributed by atoms with Crippen LogP contribution < -0.4 is 9.80 Å². The maximum absolute atomic E-state index is 7.06. The molecule has 0 saturated carbocycles. The largest absolute Gasteiger partial charge is 0.455 e. The lowest BCUT2D eigenvalue weighted by Crippen LogP contribution is -2.12. The quantitative estimate of drug-likeness (QED) is 0.142. The van der Waals surface area contributed by atoms with Crippen molar-refractivity contribution in [1.82, 2.24) is 0 Å². The molecule has 3 heteroatoms. The highest BCUT2D eigenvalue weighted by Gasteiger charge is 2.31. The van der Waals surface area contributed by atoms with Crippen LogP contribution in [0, 0.1) is 0 Å². The maximum Gasteiger partial charge on any atom is 0.143 e. The summed E-state index contributed by atoms with van der Waals surface area (Å²) in [5.74, 6) is 0. The van der Waals surface area contributed by atoms with Gasteiger partial charge in [0.05, 0.1) is 28.1 Å². The number of nitrogens with zero attached hydrogens (tertiary/aromatic N) is 2. The van der Waals surface area contributed by atoms with Crippen molar-refractivity contribution in [1.29, 1.82) is 0 Å². The van der Waals surface area contributed by atoms with Crippen molar-refractivity contribution >= 4 is 110 Å². The zero-order valence-corrected chi connectivity index (χ0v) is 41.4. The predicted octanol–water partition coefficient (Wildman–Crippen LogP) is 20.6. The minimum Gasteiger partial charge on any atom is -0.455 e. The number of hydrogen-bond donors (Lipinski definition) is 0. The van der Waals surface area contributed by atoms with E-state index in [0.29, 0.717) is 0 Å². The number of para-hydroxylation sites is 2. The molecule has 0 unspecified atom stereocenters. The van der Waals surface area contributed by atoms with Crippen molar-refractivity contribution in [2.45, 2.75) is 6.42 Å². The van der Waals surface area contributed by atoms with E-state index in [9.17, 15) is 0 Å². The molecular formula is C73H46N2O. The standard InChI is InChI=1S/C73H46N2O/c1-5-19-46(20-6-1)59-43-50-23-13-15-30-55(50)70-61(59)45-52-25-17-32-64(69(52)70)74(53-26-9-3-10-27-53)62-41-37-48-36-40-58-63(42-38-49-35-39-57(62)67(48)68(49)58)75(54-28-11-4-12-29-54)65-33-18-34-66-72(65)71-56-31-16-14-24-51(56)44-60(73(71)76-66)47-21-7-2-8-22-47/h1-44H,45H2. The summed E-state index contributed by atoms with van der Waals surface area (Å²) in [5.41, 5.74) is 18.5. The van der Waals surface area contributed by atoms with Crippen LogP contribution in [0.25, 0.3) is 109 Å². The van der Waals surface area contributed by atoms with Gasteiger partial charge in [-0.1, -0.05) is 200 Å². The van der Waals surface area contributed by atoms with Gasteiger partial charge in [-0.2, -0.15) is 0 Å². The Kier molecular flexibility index (Phi) is 9.40. The third-order valence-electron chi connectivity index (χ3n) is 16.2.